The second-order valence-corrected chi connectivity index (χ2v) is 5.45. The number of furan rings is 1. The van der Waals surface area contributed by atoms with Crippen molar-refractivity contribution < 1.29 is 14.0 Å². The predicted molar refractivity (Wildman–Crippen MR) is 79.2 cm³/mol. The fraction of sp³-hybridized carbons (Fsp3) is 0.375. The van der Waals surface area contributed by atoms with Crippen LogP contribution in [0.15, 0.2) is 34.7 Å². The van der Waals surface area contributed by atoms with Crippen molar-refractivity contribution in [2.24, 2.45) is 0 Å². The minimum absolute atomic E-state index is 0.0601. The van der Waals surface area contributed by atoms with E-state index in [0.717, 1.165) is 24.9 Å². The van der Waals surface area contributed by atoms with E-state index in [-0.39, 0.29) is 18.2 Å². The zero-order valence-corrected chi connectivity index (χ0v) is 12.0. The Bertz CT molecular complexity index is 644. The highest BCUT2D eigenvalue weighted by Gasteiger charge is 2.22. The van der Waals surface area contributed by atoms with E-state index in [1.54, 1.807) is 18.0 Å². The minimum atomic E-state index is -0.0800. The summed E-state index contributed by atoms with van der Waals surface area (Å²) < 4.78 is 5.58. The van der Waals surface area contributed by atoms with Gasteiger partial charge in [0.1, 0.15) is 5.58 Å². The fourth-order valence-corrected chi connectivity index (χ4v) is 2.58. The van der Waals surface area contributed by atoms with Crippen LogP contribution in [0.25, 0.3) is 11.0 Å². The molecule has 0 bridgehead atoms. The highest BCUT2D eigenvalue weighted by Crippen LogP contribution is 2.19. The topological polar surface area (TPSA) is 53.8 Å². The summed E-state index contributed by atoms with van der Waals surface area (Å²) in [5.74, 6) is 0.342. The van der Waals surface area contributed by atoms with Gasteiger partial charge in [0.2, 0.25) is 11.7 Å². The second-order valence-electron chi connectivity index (χ2n) is 5.45. The van der Waals surface area contributed by atoms with Gasteiger partial charge < -0.3 is 9.32 Å². The SMILES string of the molecule is CN1CCCN(CC(=O)c2cc3ccccc3o2)CC1=O. The summed E-state index contributed by atoms with van der Waals surface area (Å²) in [5.41, 5.74) is 0.715. The molecule has 1 saturated heterocycles. The summed E-state index contributed by atoms with van der Waals surface area (Å²) in [4.78, 5) is 27.8. The number of amides is 1. The molecule has 2 heterocycles. The molecule has 3 rings (SSSR count). The number of hydrogen-bond donors (Lipinski definition) is 0. The highest BCUT2D eigenvalue weighted by atomic mass is 16.3. The van der Waals surface area contributed by atoms with E-state index < -0.39 is 0 Å². The highest BCUT2D eigenvalue weighted by molar-refractivity contribution is 5.99. The van der Waals surface area contributed by atoms with Crippen LogP contribution in [0.1, 0.15) is 17.0 Å². The number of Topliss-reactive ketones (excluding diaryl/α,β-unsaturated/α-hetero) is 1. The molecular weight excluding hydrogens is 268 g/mol. The van der Waals surface area contributed by atoms with Gasteiger partial charge in [-0.25, -0.2) is 0 Å². The molecule has 0 saturated carbocycles. The summed E-state index contributed by atoms with van der Waals surface area (Å²) in [5, 5.41) is 0.924. The second kappa shape index (κ2) is 5.69. The summed E-state index contributed by atoms with van der Waals surface area (Å²) in [6.07, 6.45) is 0.885. The van der Waals surface area contributed by atoms with Crippen LogP contribution in [0.2, 0.25) is 0 Å². The summed E-state index contributed by atoms with van der Waals surface area (Å²) in [7, 11) is 1.80. The Balaban J connectivity index is 1.72. The fourth-order valence-electron chi connectivity index (χ4n) is 2.58. The molecule has 5 heteroatoms. The number of fused-ring (bicyclic) bond motifs is 1. The molecule has 1 aromatic carbocycles. The Labute approximate surface area is 123 Å². The lowest BCUT2D eigenvalue weighted by Crippen LogP contribution is -2.37. The van der Waals surface area contributed by atoms with Gasteiger partial charge in [0.05, 0.1) is 13.1 Å². The lowest BCUT2D eigenvalue weighted by atomic mass is 10.2. The maximum Gasteiger partial charge on any atom is 0.236 e. The zero-order valence-electron chi connectivity index (χ0n) is 12.0. The Morgan fingerprint density at radius 1 is 1.29 bits per heavy atom. The molecule has 1 fully saturated rings. The number of carbonyl (C=O) groups excluding carboxylic acids is 2. The van der Waals surface area contributed by atoms with Gasteiger partial charge >= 0.3 is 0 Å². The van der Waals surface area contributed by atoms with Crippen molar-refractivity contribution >= 4 is 22.7 Å². The van der Waals surface area contributed by atoms with Gasteiger partial charge in [0, 0.05) is 25.5 Å². The maximum atomic E-state index is 12.3. The Morgan fingerprint density at radius 3 is 2.90 bits per heavy atom. The molecule has 110 valence electrons. The summed E-state index contributed by atoms with van der Waals surface area (Å²) in [6.45, 7) is 2.01. The Morgan fingerprint density at radius 2 is 2.10 bits per heavy atom. The van der Waals surface area contributed by atoms with Crippen molar-refractivity contribution in [1.29, 1.82) is 0 Å². The minimum Gasteiger partial charge on any atom is -0.453 e. The molecule has 0 aliphatic carbocycles. The largest absolute Gasteiger partial charge is 0.453 e. The van der Waals surface area contributed by atoms with E-state index >= 15 is 0 Å². The number of carbonyl (C=O) groups is 2. The van der Waals surface area contributed by atoms with E-state index in [0.29, 0.717) is 17.9 Å². The molecule has 5 nitrogen and oxygen atoms in total. The Hall–Kier alpha value is -2.14. The average molecular weight is 286 g/mol. The van der Waals surface area contributed by atoms with Gasteiger partial charge in [-0.2, -0.15) is 0 Å². The number of hydrogen-bond acceptors (Lipinski definition) is 4. The predicted octanol–water partition coefficient (Wildman–Crippen LogP) is 1.78. The van der Waals surface area contributed by atoms with Gasteiger partial charge in [-0.1, -0.05) is 18.2 Å². The normalized spacial score (nSPS) is 17.2. The molecule has 0 unspecified atom stereocenters. The van der Waals surface area contributed by atoms with Crippen LogP contribution in [0.5, 0.6) is 0 Å². The van der Waals surface area contributed by atoms with Crippen LogP contribution in [0, 0.1) is 0 Å². The van der Waals surface area contributed by atoms with Gasteiger partial charge in [-0.15, -0.1) is 0 Å². The molecule has 0 radical (unpaired) electrons. The van der Waals surface area contributed by atoms with Gasteiger partial charge in [0.25, 0.3) is 0 Å². The molecule has 21 heavy (non-hydrogen) atoms. The quantitative estimate of drug-likeness (QED) is 0.807. The molecular formula is C16H18N2O3. The third-order valence-electron chi connectivity index (χ3n) is 3.82. The number of likely N-dealkylation sites (N-methyl/N-ethyl adjacent to an activating group) is 1. The lowest BCUT2D eigenvalue weighted by Gasteiger charge is -2.17. The summed E-state index contributed by atoms with van der Waals surface area (Å²) in [6, 6.07) is 9.32. The van der Waals surface area contributed by atoms with E-state index in [4.69, 9.17) is 4.42 Å². The van der Waals surface area contributed by atoms with E-state index in [9.17, 15) is 9.59 Å². The van der Waals surface area contributed by atoms with Crippen LogP contribution >= 0.6 is 0 Å². The number of nitrogens with zero attached hydrogens (tertiary/aromatic N) is 2. The number of ketones is 1. The van der Waals surface area contributed by atoms with Crippen molar-refractivity contribution in [2.45, 2.75) is 6.42 Å². The number of rotatable bonds is 3. The van der Waals surface area contributed by atoms with Crippen LogP contribution in [0.3, 0.4) is 0 Å². The van der Waals surface area contributed by atoms with Crippen molar-refractivity contribution in [3.8, 4) is 0 Å². The molecule has 0 spiro atoms. The standard InChI is InChI=1S/C16H18N2O3/c1-17-7-4-8-18(11-16(17)20)10-13(19)15-9-12-5-2-3-6-14(12)21-15/h2-3,5-6,9H,4,7-8,10-11H2,1H3. The molecule has 1 amide bonds. The van der Waals surface area contributed by atoms with Crippen molar-refractivity contribution in [3.05, 3.63) is 36.1 Å². The van der Waals surface area contributed by atoms with Crippen molar-refractivity contribution in [1.82, 2.24) is 9.80 Å². The van der Waals surface area contributed by atoms with E-state index in [1.165, 1.54) is 0 Å². The van der Waals surface area contributed by atoms with Crippen molar-refractivity contribution in [2.75, 3.05) is 33.2 Å². The zero-order chi connectivity index (χ0) is 14.8. The first-order valence-electron chi connectivity index (χ1n) is 7.11. The molecule has 0 atom stereocenters. The maximum absolute atomic E-state index is 12.3. The summed E-state index contributed by atoms with van der Waals surface area (Å²) >= 11 is 0. The first kappa shape index (κ1) is 13.8. The van der Waals surface area contributed by atoms with Crippen LogP contribution < -0.4 is 0 Å². The number of para-hydroxylation sites is 1. The molecule has 0 N–H and O–H groups in total. The molecule has 2 aromatic rings. The van der Waals surface area contributed by atoms with Gasteiger partial charge in [0.15, 0.2) is 5.76 Å². The number of benzene rings is 1. The smallest absolute Gasteiger partial charge is 0.236 e. The van der Waals surface area contributed by atoms with Crippen LogP contribution in [0.4, 0.5) is 0 Å². The third kappa shape index (κ3) is 2.97. The van der Waals surface area contributed by atoms with Crippen molar-refractivity contribution in [3.63, 3.8) is 0 Å². The first-order chi connectivity index (χ1) is 10.1. The third-order valence-corrected chi connectivity index (χ3v) is 3.82. The van der Waals surface area contributed by atoms with Crippen LogP contribution in [-0.4, -0.2) is 54.7 Å². The monoisotopic (exact) mass is 286 g/mol. The van der Waals surface area contributed by atoms with Gasteiger partial charge in [-0.05, 0) is 18.6 Å². The molecule has 1 aromatic heterocycles. The van der Waals surface area contributed by atoms with Crippen LogP contribution in [-0.2, 0) is 4.79 Å². The lowest BCUT2D eigenvalue weighted by molar-refractivity contribution is -0.129. The Kier molecular flexibility index (Phi) is 3.75. The van der Waals surface area contributed by atoms with Gasteiger partial charge in [-0.3, -0.25) is 14.5 Å². The molecule has 1 aliphatic heterocycles. The molecule has 1 aliphatic rings. The first-order valence-corrected chi connectivity index (χ1v) is 7.11. The van der Waals surface area contributed by atoms with E-state index in [2.05, 4.69) is 0 Å². The van der Waals surface area contributed by atoms with E-state index in [1.807, 2.05) is 29.2 Å². The average Bonchev–Trinajstić information content (AvgIpc) is 2.84.